The maximum absolute atomic E-state index is 12.2. The second-order valence-corrected chi connectivity index (χ2v) is 8.01. The number of rotatable bonds is 8. The second-order valence-electron chi connectivity index (χ2n) is 5.13. The van der Waals surface area contributed by atoms with Crippen LogP contribution in [0.4, 0.5) is 5.69 Å². The Morgan fingerprint density at radius 1 is 1.20 bits per heavy atom. The molecule has 0 atom stereocenters. The topological polar surface area (TPSA) is 59.8 Å². The highest BCUT2D eigenvalue weighted by molar-refractivity contribution is 7.99. The van der Waals surface area contributed by atoms with Crippen molar-refractivity contribution in [1.82, 2.24) is 14.8 Å². The summed E-state index contributed by atoms with van der Waals surface area (Å²) in [7, 11) is 0. The van der Waals surface area contributed by atoms with E-state index in [1.54, 1.807) is 23.1 Å². The summed E-state index contributed by atoms with van der Waals surface area (Å²) in [6.07, 6.45) is 2.08. The molecular weight excluding hydrogens is 372 g/mol. The maximum Gasteiger partial charge on any atom is 0.234 e. The number of nitrogens with one attached hydrogen (secondary N) is 1. The molecule has 0 radical (unpaired) electrons. The Bertz CT molecular complexity index is 803. The fourth-order valence-electron chi connectivity index (χ4n) is 2.22. The molecule has 1 aromatic carbocycles. The minimum absolute atomic E-state index is 0.0479. The molecule has 130 valence electrons. The molecule has 0 aliphatic heterocycles. The minimum Gasteiger partial charge on any atom is -0.325 e. The fourth-order valence-corrected chi connectivity index (χ4v) is 4.06. The van der Waals surface area contributed by atoms with Gasteiger partial charge in [-0.2, -0.15) is 11.8 Å². The zero-order chi connectivity index (χ0) is 17.5. The molecule has 0 aliphatic rings. The molecule has 1 N–H and O–H groups in total. The highest BCUT2D eigenvalue weighted by Gasteiger charge is 2.16. The van der Waals surface area contributed by atoms with Gasteiger partial charge in [0.25, 0.3) is 0 Å². The smallest absolute Gasteiger partial charge is 0.234 e. The molecule has 0 aliphatic carbocycles. The van der Waals surface area contributed by atoms with Crippen LogP contribution in [0.5, 0.6) is 0 Å². The number of thioether (sulfide) groups is 2. The fraction of sp³-hybridized carbons (Fsp3) is 0.235. The number of hydrogen-bond acceptors (Lipinski definition) is 6. The Morgan fingerprint density at radius 3 is 2.76 bits per heavy atom. The Kier molecular flexibility index (Phi) is 6.55. The number of nitrogens with zero attached hydrogens (tertiary/aromatic N) is 3. The number of para-hydroxylation sites is 1. The lowest BCUT2D eigenvalue weighted by Gasteiger charge is -2.08. The van der Waals surface area contributed by atoms with Crippen LogP contribution >= 0.6 is 34.9 Å². The van der Waals surface area contributed by atoms with Gasteiger partial charge in [-0.25, -0.2) is 0 Å². The summed E-state index contributed by atoms with van der Waals surface area (Å²) in [6, 6.07) is 13.5. The van der Waals surface area contributed by atoms with Crippen molar-refractivity contribution in [3.05, 3.63) is 47.8 Å². The molecular formula is C17H18N4OS3. The van der Waals surface area contributed by atoms with Gasteiger partial charge < -0.3 is 9.88 Å². The third kappa shape index (κ3) is 4.87. The van der Waals surface area contributed by atoms with Gasteiger partial charge in [0.05, 0.1) is 10.6 Å². The van der Waals surface area contributed by atoms with E-state index >= 15 is 0 Å². The number of aromatic nitrogens is 3. The lowest BCUT2D eigenvalue weighted by Crippen LogP contribution is -2.14. The summed E-state index contributed by atoms with van der Waals surface area (Å²) < 4.78 is 2.10. The van der Waals surface area contributed by atoms with Crippen LogP contribution in [0.1, 0.15) is 0 Å². The Hall–Kier alpha value is -1.77. The molecule has 3 aromatic rings. The summed E-state index contributed by atoms with van der Waals surface area (Å²) in [5.41, 5.74) is 0.802. The van der Waals surface area contributed by atoms with E-state index in [-0.39, 0.29) is 5.91 Å². The lowest BCUT2D eigenvalue weighted by atomic mass is 10.3. The molecule has 2 aromatic heterocycles. The SMILES string of the molecule is CSCCn1c(SCC(=O)Nc2ccccc2)nnc1-c1cccs1. The molecule has 0 spiro atoms. The number of amides is 1. The molecule has 0 bridgehead atoms. The third-order valence-corrected chi connectivity index (χ3v) is 5.79. The maximum atomic E-state index is 12.2. The number of thiophene rings is 1. The average molecular weight is 391 g/mol. The van der Waals surface area contributed by atoms with Crippen molar-refractivity contribution in [1.29, 1.82) is 0 Å². The van der Waals surface area contributed by atoms with Crippen molar-refractivity contribution >= 4 is 46.5 Å². The quantitative estimate of drug-likeness (QED) is 0.587. The van der Waals surface area contributed by atoms with Crippen LogP contribution in [0.15, 0.2) is 53.0 Å². The largest absolute Gasteiger partial charge is 0.325 e. The van der Waals surface area contributed by atoms with Gasteiger partial charge in [0.1, 0.15) is 0 Å². The molecule has 25 heavy (non-hydrogen) atoms. The molecule has 2 heterocycles. The minimum atomic E-state index is -0.0479. The van der Waals surface area contributed by atoms with Crippen molar-refractivity contribution in [2.75, 3.05) is 23.1 Å². The Labute approximate surface area is 159 Å². The monoisotopic (exact) mass is 390 g/mol. The van der Waals surface area contributed by atoms with E-state index < -0.39 is 0 Å². The van der Waals surface area contributed by atoms with Gasteiger partial charge in [-0.3, -0.25) is 4.79 Å². The molecule has 0 fully saturated rings. The first-order valence-corrected chi connectivity index (χ1v) is 11.0. The first-order valence-electron chi connectivity index (χ1n) is 7.71. The number of anilines is 1. The standard InChI is InChI=1S/C17H18N4OS3/c1-23-11-9-21-16(14-8-5-10-24-14)19-20-17(21)25-12-15(22)18-13-6-3-2-4-7-13/h2-8,10H,9,11-12H2,1H3,(H,18,22). The zero-order valence-corrected chi connectivity index (χ0v) is 16.2. The Balaban J connectivity index is 1.68. The summed E-state index contributed by atoms with van der Waals surface area (Å²) in [5, 5.41) is 14.3. The predicted molar refractivity (Wildman–Crippen MR) is 108 cm³/mol. The van der Waals surface area contributed by atoms with Gasteiger partial charge in [0.2, 0.25) is 5.91 Å². The van der Waals surface area contributed by atoms with E-state index in [2.05, 4.69) is 26.3 Å². The van der Waals surface area contributed by atoms with E-state index in [0.717, 1.165) is 33.8 Å². The van der Waals surface area contributed by atoms with Crippen molar-refractivity contribution < 1.29 is 4.79 Å². The van der Waals surface area contributed by atoms with E-state index in [1.807, 2.05) is 47.8 Å². The zero-order valence-electron chi connectivity index (χ0n) is 13.7. The average Bonchev–Trinajstić information content (AvgIpc) is 3.28. The third-order valence-electron chi connectivity index (χ3n) is 3.37. The summed E-state index contributed by atoms with van der Waals surface area (Å²) in [6.45, 7) is 0.823. The van der Waals surface area contributed by atoms with Crippen molar-refractivity contribution in [3.8, 4) is 10.7 Å². The van der Waals surface area contributed by atoms with E-state index in [1.165, 1.54) is 11.8 Å². The molecule has 3 rings (SSSR count). The van der Waals surface area contributed by atoms with E-state index in [9.17, 15) is 4.79 Å². The van der Waals surface area contributed by atoms with Crippen molar-refractivity contribution in [2.45, 2.75) is 11.7 Å². The van der Waals surface area contributed by atoms with E-state index in [4.69, 9.17) is 0 Å². The van der Waals surface area contributed by atoms with Gasteiger partial charge in [-0.15, -0.1) is 21.5 Å². The molecule has 0 saturated carbocycles. The van der Waals surface area contributed by atoms with Gasteiger partial charge in [0.15, 0.2) is 11.0 Å². The molecule has 0 saturated heterocycles. The summed E-state index contributed by atoms with van der Waals surface area (Å²) in [5.74, 6) is 2.10. The Morgan fingerprint density at radius 2 is 2.04 bits per heavy atom. The van der Waals surface area contributed by atoms with Crippen LogP contribution in [0.2, 0.25) is 0 Å². The molecule has 1 amide bonds. The first kappa shape index (κ1) is 18.0. The van der Waals surface area contributed by atoms with Crippen LogP contribution in [0.25, 0.3) is 10.7 Å². The highest BCUT2D eigenvalue weighted by atomic mass is 32.2. The van der Waals surface area contributed by atoms with Gasteiger partial charge in [-0.05, 0) is 29.8 Å². The van der Waals surface area contributed by atoms with Crippen LogP contribution in [0, 0.1) is 0 Å². The summed E-state index contributed by atoms with van der Waals surface area (Å²) >= 11 is 4.84. The molecule has 0 unspecified atom stereocenters. The van der Waals surface area contributed by atoms with E-state index in [0.29, 0.717) is 5.75 Å². The van der Waals surface area contributed by atoms with Crippen LogP contribution in [-0.2, 0) is 11.3 Å². The van der Waals surface area contributed by atoms with Gasteiger partial charge in [-0.1, -0.05) is 36.0 Å². The lowest BCUT2D eigenvalue weighted by molar-refractivity contribution is -0.113. The summed E-state index contributed by atoms with van der Waals surface area (Å²) in [4.78, 5) is 13.2. The normalized spacial score (nSPS) is 10.8. The molecule has 8 heteroatoms. The second kappa shape index (κ2) is 9.07. The number of hydrogen-bond donors (Lipinski definition) is 1. The van der Waals surface area contributed by atoms with Crippen LogP contribution < -0.4 is 5.32 Å². The highest BCUT2D eigenvalue weighted by Crippen LogP contribution is 2.27. The van der Waals surface area contributed by atoms with Crippen molar-refractivity contribution in [2.24, 2.45) is 0 Å². The van der Waals surface area contributed by atoms with Crippen molar-refractivity contribution in [3.63, 3.8) is 0 Å². The van der Waals surface area contributed by atoms with Crippen LogP contribution in [-0.4, -0.2) is 38.4 Å². The van der Waals surface area contributed by atoms with Gasteiger partial charge in [0, 0.05) is 18.0 Å². The number of benzene rings is 1. The molecule has 5 nitrogen and oxygen atoms in total. The van der Waals surface area contributed by atoms with Gasteiger partial charge >= 0.3 is 0 Å². The number of carbonyl (C=O) groups is 1. The first-order chi connectivity index (χ1) is 12.3. The van der Waals surface area contributed by atoms with Crippen LogP contribution in [0.3, 0.4) is 0 Å². The number of carbonyl (C=O) groups excluding carboxylic acids is 1. The predicted octanol–water partition coefficient (Wildman–Crippen LogP) is 4.10.